The first-order chi connectivity index (χ1) is 25.4. The van der Waals surface area contributed by atoms with Crippen LogP contribution >= 0.6 is 7.82 Å². The molecule has 0 heterocycles. The molecule has 0 aromatic carbocycles. The van der Waals surface area contributed by atoms with Crippen LogP contribution in [0.1, 0.15) is 155 Å². The maximum Gasteiger partial charge on any atom is 0.472 e. The van der Waals surface area contributed by atoms with Gasteiger partial charge in [0.2, 0.25) is 0 Å². The van der Waals surface area contributed by atoms with Crippen LogP contribution in [0.4, 0.5) is 0 Å². The number of phosphoric ester groups is 1. The zero-order valence-electron chi connectivity index (χ0n) is 33.0. The van der Waals surface area contributed by atoms with E-state index in [1.54, 1.807) is 0 Å². The van der Waals surface area contributed by atoms with Gasteiger partial charge in [-0.2, -0.15) is 0 Å². The predicted octanol–water partition coefficient (Wildman–Crippen LogP) is 12.0. The van der Waals surface area contributed by atoms with Crippen LogP contribution in [0, 0.1) is 0 Å². The molecule has 3 N–H and O–H groups in total. The molecule has 0 aromatic rings. The van der Waals surface area contributed by atoms with Gasteiger partial charge in [-0.15, -0.1) is 0 Å². The van der Waals surface area contributed by atoms with Gasteiger partial charge in [0.1, 0.15) is 6.10 Å². The summed E-state index contributed by atoms with van der Waals surface area (Å²) in [7, 11) is -4.30. The van der Waals surface area contributed by atoms with E-state index in [1.165, 1.54) is 77.0 Å². The van der Waals surface area contributed by atoms with Crippen molar-refractivity contribution >= 4 is 13.8 Å². The largest absolute Gasteiger partial charge is 0.472 e. The van der Waals surface area contributed by atoms with Crippen LogP contribution in [0.25, 0.3) is 0 Å². The number of esters is 1. The normalized spacial score (nSPS) is 14.3. The van der Waals surface area contributed by atoms with E-state index in [1.807, 2.05) is 6.08 Å². The topological polar surface area (TPSA) is 117 Å². The highest BCUT2D eigenvalue weighted by atomic mass is 31.2. The van der Waals surface area contributed by atoms with Crippen molar-refractivity contribution in [3.63, 3.8) is 0 Å². The number of nitrogens with two attached hydrogens (primary N) is 1. The predicted molar refractivity (Wildman–Crippen MR) is 219 cm³/mol. The Bertz CT molecular complexity index is 1020. The molecule has 0 amide bonds. The average molecular weight is 750 g/mol. The fraction of sp³-hybridized carbons (Fsp3) is 0.698. The fourth-order valence-electron chi connectivity index (χ4n) is 5.17. The molecule has 0 radical (unpaired) electrons. The standard InChI is InChI=1S/C43H76NO7P/c1-3-5-7-9-11-13-15-17-19-21-22-24-26-28-30-32-34-36-43(45)51-42(41-50-52(46,47)49-39-37-44)40-48-38-35-33-31-29-27-25-23-20-18-16-14-12-10-8-6-4-2/h6,8,12,14,17-20,25,27,31,33,42H,3-5,7,9-11,13,15-16,21-24,26,28-30,32,34-41,44H2,1-2H3,(H,46,47)/b8-6-,14-12-,19-17-,20-18-,27-25-,33-31-. The van der Waals surface area contributed by atoms with Gasteiger partial charge in [-0.05, 0) is 70.6 Å². The maximum atomic E-state index is 12.6. The van der Waals surface area contributed by atoms with Crippen molar-refractivity contribution in [2.75, 3.05) is 33.0 Å². The number of allylic oxidation sites excluding steroid dienone is 11. The Labute approximate surface area is 318 Å². The molecule has 0 saturated heterocycles. The molecule has 0 saturated carbocycles. The summed E-state index contributed by atoms with van der Waals surface area (Å²) in [5.41, 5.74) is 5.35. The Balaban J connectivity index is 4.19. The quantitative estimate of drug-likeness (QED) is 0.0277. The number of hydrogen-bond donors (Lipinski definition) is 2. The van der Waals surface area contributed by atoms with Crippen molar-refractivity contribution in [1.82, 2.24) is 0 Å². The molecule has 0 aliphatic carbocycles. The van der Waals surface area contributed by atoms with E-state index < -0.39 is 13.9 Å². The minimum Gasteiger partial charge on any atom is -0.457 e. The molecule has 9 heteroatoms. The summed E-state index contributed by atoms with van der Waals surface area (Å²) in [6.07, 6.45) is 49.4. The molecule has 300 valence electrons. The number of rotatable bonds is 38. The lowest BCUT2D eigenvalue weighted by Gasteiger charge is -2.19. The third kappa shape index (κ3) is 39.2. The van der Waals surface area contributed by atoms with Crippen LogP contribution in [-0.4, -0.2) is 49.9 Å². The van der Waals surface area contributed by atoms with Crippen LogP contribution < -0.4 is 5.73 Å². The lowest BCUT2D eigenvalue weighted by atomic mass is 10.1. The summed E-state index contributed by atoms with van der Waals surface area (Å²) < 4.78 is 33.2. The Hall–Kier alpha value is -2.06. The van der Waals surface area contributed by atoms with E-state index in [2.05, 4.69) is 80.7 Å². The van der Waals surface area contributed by atoms with Gasteiger partial charge in [-0.25, -0.2) is 4.57 Å². The SMILES string of the molecule is CC/C=C\C/C=C\C/C=C\C/C=C\C/C=C\CCOCC(COP(=O)(O)OCCN)OC(=O)CCCCCCCCC/C=C\CCCCCCCC. The molecule has 0 bridgehead atoms. The van der Waals surface area contributed by atoms with Gasteiger partial charge in [-0.1, -0.05) is 151 Å². The molecule has 0 fully saturated rings. The van der Waals surface area contributed by atoms with Crippen molar-refractivity contribution in [2.24, 2.45) is 5.73 Å². The van der Waals surface area contributed by atoms with Crippen molar-refractivity contribution in [3.8, 4) is 0 Å². The molecular weight excluding hydrogens is 673 g/mol. The van der Waals surface area contributed by atoms with Crippen molar-refractivity contribution in [3.05, 3.63) is 72.9 Å². The summed E-state index contributed by atoms with van der Waals surface area (Å²) in [4.78, 5) is 22.4. The Morgan fingerprint density at radius 2 is 1.08 bits per heavy atom. The van der Waals surface area contributed by atoms with E-state index in [9.17, 15) is 14.3 Å². The second-order valence-corrected chi connectivity index (χ2v) is 14.6. The number of carbonyl (C=O) groups excluding carboxylic acids is 1. The third-order valence-corrected chi connectivity index (χ3v) is 9.11. The molecule has 52 heavy (non-hydrogen) atoms. The zero-order chi connectivity index (χ0) is 38.1. The molecule has 2 atom stereocenters. The van der Waals surface area contributed by atoms with Crippen molar-refractivity contribution in [2.45, 2.75) is 161 Å². The summed E-state index contributed by atoms with van der Waals surface area (Å²) in [5.74, 6) is -0.363. The van der Waals surface area contributed by atoms with E-state index in [-0.39, 0.29) is 32.3 Å². The second-order valence-electron chi connectivity index (χ2n) is 13.1. The lowest BCUT2D eigenvalue weighted by Crippen LogP contribution is -2.28. The van der Waals surface area contributed by atoms with Gasteiger partial charge in [-0.3, -0.25) is 13.8 Å². The minimum atomic E-state index is -4.30. The second kappa shape index (κ2) is 40.1. The van der Waals surface area contributed by atoms with E-state index in [4.69, 9.17) is 24.3 Å². The highest BCUT2D eigenvalue weighted by molar-refractivity contribution is 7.47. The molecular formula is C43H76NO7P. The number of hydrogen-bond acceptors (Lipinski definition) is 7. The van der Waals surface area contributed by atoms with Crippen molar-refractivity contribution < 1.29 is 32.8 Å². The molecule has 8 nitrogen and oxygen atoms in total. The molecule has 0 aliphatic heterocycles. The lowest BCUT2D eigenvalue weighted by molar-refractivity contribution is -0.154. The summed E-state index contributed by atoms with van der Waals surface area (Å²) >= 11 is 0. The molecule has 0 aromatic heterocycles. The molecule has 0 rings (SSSR count). The van der Waals surface area contributed by atoms with Gasteiger partial charge in [0.15, 0.2) is 0 Å². The van der Waals surface area contributed by atoms with E-state index in [0.29, 0.717) is 19.4 Å². The Morgan fingerprint density at radius 3 is 1.62 bits per heavy atom. The van der Waals surface area contributed by atoms with E-state index >= 15 is 0 Å². The fourth-order valence-corrected chi connectivity index (χ4v) is 5.94. The number of unbranched alkanes of at least 4 members (excludes halogenated alkanes) is 13. The van der Waals surface area contributed by atoms with Crippen LogP contribution in [-0.2, 0) is 27.9 Å². The smallest absolute Gasteiger partial charge is 0.457 e. The van der Waals surface area contributed by atoms with Crippen LogP contribution in [0.2, 0.25) is 0 Å². The van der Waals surface area contributed by atoms with Gasteiger partial charge < -0.3 is 20.1 Å². The summed E-state index contributed by atoms with van der Waals surface area (Å²) in [6, 6.07) is 0. The molecule has 0 spiro atoms. The monoisotopic (exact) mass is 750 g/mol. The Kier molecular flexibility index (Phi) is 38.5. The maximum absolute atomic E-state index is 12.6. The minimum absolute atomic E-state index is 0.0571. The number of ether oxygens (including phenoxy) is 2. The first-order valence-electron chi connectivity index (χ1n) is 20.4. The average Bonchev–Trinajstić information content (AvgIpc) is 3.13. The van der Waals surface area contributed by atoms with Crippen molar-refractivity contribution in [1.29, 1.82) is 0 Å². The first kappa shape index (κ1) is 49.9. The van der Waals surface area contributed by atoms with Gasteiger partial charge >= 0.3 is 13.8 Å². The number of phosphoric acid groups is 1. The summed E-state index contributed by atoms with van der Waals surface area (Å²) in [6.45, 7) is 4.55. The van der Waals surface area contributed by atoms with E-state index in [0.717, 1.165) is 51.4 Å². The zero-order valence-corrected chi connectivity index (χ0v) is 33.9. The van der Waals surface area contributed by atoms with Gasteiger partial charge in [0.25, 0.3) is 0 Å². The first-order valence-corrected chi connectivity index (χ1v) is 21.9. The highest BCUT2D eigenvalue weighted by Gasteiger charge is 2.25. The van der Waals surface area contributed by atoms with Gasteiger partial charge in [0, 0.05) is 13.0 Å². The van der Waals surface area contributed by atoms with Crippen LogP contribution in [0.3, 0.4) is 0 Å². The number of carbonyl (C=O) groups is 1. The van der Waals surface area contributed by atoms with Gasteiger partial charge in [0.05, 0.1) is 26.4 Å². The highest BCUT2D eigenvalue weighted by Crippen LogP contribution is 2.43. The summed E-state index contributed by atoms with van der Waals surface area (Å²) in [5, 5.41) is 0. The molecule has 0 aliphatic rings. The van der Waals surface area contributed by atoms with Crippen LogP contribution in [0.5, 0.6) is 0 Å². The Morgan fingerprint density at radius 1 is 0.596 bits per heavy atom. The van der Waals surface area contributed by atoms with Crippen LogP contribution in [0.15, 0.2) is 72.9 Å². The molecule has 2 unspecified atom stereocenters. The third-order valence-electron chi connectivity index (χ3n) is 8.13.